The summed E-state index contributed by atoms with van der Waals surface area (Å²) in [6.07, 6.45) is 2.79. The van der Waals surface area contributed by atoms with Gasteiger partial charge in [0, 0.05) is 56.7 Å². The second-order valence-corrected chi connectivity index (χ2v) is 10.8. The summed E-state index contributed by atoms with van der Waals surface area (Å²) in [7, 11) is 3.28. The van der Waals surface area contributed by atoms with E-state index in [9.17, 15) is 14.7 Å². The van der Waals surface area contributed by atoms with Gasteiger partial charge in [-0.05, 0) is 35.7 Å². The first kappa shape index (κ1) is 25.9. The Morgan fingerprint density at radius 2 is 2.00 bits per heavy atom. The number of nitrogens with zero attached hydrogens (tertiary/aromatic N) is 5. The van der Waals surface area contributed by atoms with Crippen molar-refractivity contribution in [1.29, 1.82) is 0 Å². The van der Waals surface area contributed by atoms with Gasteiger partial charge in [0.15, 0.2) is 5.60 Å². The zero-order chi connectivity index (χ0) is 28.0. The van der Waals surface area contributed by atoms with Gasteiger partial charge < -0.3 is 25.0 Å². The minimum Gasteiger partial charge on any atom is -0.494 e. The molecular formula is C29H28N6O4S. The van der Waals surface area contributed by atoms with Crippen molar-refractivity contribution < 1.29 is 19.4 Å². The van der Waals surface area contributed by atoms with Crippen molar-refractivity contribution in [3.05, 3.63) is 65.2 Å². The summed E-state index contributed by atoms with van der Waals surface area (Å²) in [4.78, 5) is 41.7. The van der Waals surface area contributed by atoms with Crippen LogP contribution in [0.4, 0.5) is 17.3 Å². The Labute approximate surface area is 235 Å². The number of amides is 2. The van der Waals surface area contributed by atoms with Crippen LogP contribution in [0.1, 0.15) is 24.5 Å². The number of carbonyl (C=O) groups is 2. The number of thiazole rings is 1. The number of fused-ring (bicyclic) bond motifs is 1. The molecule has 2 amide bonds. The summed E-state index contributed by atoms with van der Waals surface area (Å²) in [6, 6.07) is 13.0. The Morgan fingerprint density at radius 1 is 1.15 bits per heavy atom. The van der Waals surface area contributed by atoms with Crippen LogP contribution in [0, 0.1) is 0 Å². The van der Waals surface area contributed by atoms with E-state index in [-0.39, 0.29) is 11.8 Å². The Bertz CT molecular complexity index is 1640. The molecule has 0 radical (unpaired) electrons. The molecule has 0 unspecified atom stereocenters. The lowest BCUT2D eigenvalue weighted by Gasteiger charge is -2.21. The van der Waals surface area contributed by atoms with E-state index in [1.165, 1.54) is 11.3 Å². The summed E-state index contributed by atoms with van der Waals surface area (Å²) in [5.74, 6) is 0.689. The van der Waals surface area contributed by atoms with Crippen molar-refractivity contribution in [1.82, 2.24) is 19.9 Å². The Hall–Kier alpha value is -4.35. The number of aliphatic hydroxyl groups is 1. The number of benzene rings is 2. The van der Waals surface area contributed by atoms with Gasteiger partial charge in [-0.2, -0.15) is 0 Å². The molecule has 1 saturated heterocycles. The predicted octanol–water partition coefficient (Wildman–Crippen LogP) is 3.98. The van der Waals surface area contributed by atoms with E-state index in [0.717, 1.165) is 28.2 Å². The molecule has 2 N–H and O–H groups in total. The topological polar surface area (TPSA) is 121 Å². The third-order valence-corrected chi connectivity index (χ3v) is 8.33. The zero-order valence-corrected chi connectivity index (χ0v) is 23.2. The number of carbonyl (C=O) groups excluding carboxylic acids is 2. The van der Waals surface area contributed by atoms with Crippen molar-refractivity contribution in [3.63, 3.8) is 0 Å². The Balaban J connectivity index is 1.25. The Morgan fingerprint density at radius 3 is 2.75 bits per heavy atom. The molecule has 1 fully saturated rings. The Kier molecular flexibility index (Phi) is 6.47. The smallest absolute Gasteiger partial charge is 0.258 e. The minimum atomic E-state index is -1.51. The lowest BCUT2D eigenvalue weighted by Crippen LogP contribution is -2.36. The summed E-state index contributed by atoms with van der Waals surface area (Å²) in [6.45, 7) is 2.72. The molecule has 2 aromatic carbocycles. The predicted molar refractivity (Wildman–Crippen MR) is 153 cm³/mol. The number of hydrogen-bond donors (Lipinski definition) is 2. The molecule has 2 aliphatic rings. The van der Waals surface area contributed by atoms with Gasteiger partial charge in [-0.3, -0.25) is 9.59 Å². The SMILES string of the molecule is COc1cc2c(cc1Nc1nccc(-c3csc(-c4cccc([C@]5(O)CCN(C)C5=O)c4)n3)n1)CCN2C(C)=O. The van der Waals surface area contributed by atoms with Crippen LogP contribution in [0.25, 0.3) is 22.0 Å². The average molecular weight is 557 g/mol. The van der Waals surface area contributed by atoms with Gasteiger partial charge in [0.25, 0.3) is 5.91 Å². The van der Waals surface area contributed by atoms with E-state index in [2.05, 4.69) is 15.3 Å². The normalized spacial score (nSPS) is 18.2. The van der Waals surface area contributed by atoms with E-state index in [0.29, 0.717) is 53.8 Å². The maximum Gasteiger partial charge on any atom is 0.258 e. The highest BCUT2D eigenvalue weighted by atomic mass is 32.1. The van der Waals surface area contributed by atoms with Gasteiger partial charge >= 0.3 is 0 Å². The first-order valence-electron chi connectivity index (χ1n) is 12.9. The molecule has 0 saturated carbocycles. The van der Waals surface area contributed by atoms with Gasteiger partial charge in [-0.1, -0.05) is 18.2 Å². The van der Waals surface area contributed by atoms with Crippen molar-refractivity contribution in [2.75, 3.05) is 37.5 Å². The number of rotatable bonds is 6. The van der Waals surface area contributed by atoms with E-state index in [1.807, 2.05) is 35.7 Å². The maximum absolute atomic E-state index is 12.6. The number of anilines is 3. The third-order valence-electron chi connectivity index (χ3n) is 7.44. The van der Waals surface area contributed by atoms with E-state index < -0.39 is 5.60 Å². The van der Waals surface area contributed by atoms with Crippen LogP contribution >= 0.6 is 11.3 Å². The van der Waals surface area contributed by atoms with Crippen LogP contribution in [-0.2, 0) is 21.6 Å². The molecular weight excluding hydrogens is 528 g/mol. The number of hydrogen-bond acceptors (Lipinski definition) is 9. The number of nitrogens with one attached hydrogen (secondary N) is 1. The van der Waals surface area contributed by atoms with E-state index in [1.54, 1.807) is 49.2 Å². The van der Waals surface area contributed by atoms with Crippen LogP contribution in [0.15, 0.2) is 54.0 Å². The maximum atomic E-state index is 12.6. The second-order valence-electron chi connectivity index (χ2n) is 9.95. The highest BCUT2D eigenvalue weighted by Gasteiger charge is 2.45. The molecule has 204 valence electrons. The highest BCUT2D eigenvalue weighted by molar-refractivity contribution is 7.13. The molecule has 1 atom stereocenters. The van der Waals surface area contributed by atoms with Crippen LogP contribution < -0.4 is 15.0 Å². The van der Waals surface area contributed by atoms with Crippen molar-refractivity contribution in [2.45, 2.75) is 25.4 Å². The molecule has 0 bridgehead atoms. The zero-order valence-electron chi connectivity index (χ0n) is 22.3. The van der Waals surface area contributed by atoms with Crippen LogP contribution in [0.2, 0.25) is 0 Å². The van der Waals surface area contributed by atoms with E-state index >= 15 is 0 Å². The molecule has 4 aromatic rings. The van der Waals surface area contributed by atoms with Crippen molar-refractivity contribution in [2.24, 2.45) is 0 Å². The molecule has 6 rings (SSSR count). The van der Waals surface area contributed by atoms with Gasteiger partial charge in [0.1, 0.15) is 16.5 Å². The summed E-state index contributed by atoms with van der Waals surface area (Å²) < 4.78 is 5.60. The van der Waals surface area contributed by atoms with Gasteiger partial charge in [-0.25, -0.2) is 15.0 Å². The largest absolute Gasteiger partial charge is 0.494 e. The van der Waals surface area contributed by atoms with Crippen molar-refractivity contribution in [3.8, 4) is 27.7 Å². The first-order chi connectivity index (χ1) is 19.3. The number of likely N-dealkylation sites (N-methyl/N-ethyl adjacent to an activating group) is 1. The first-order valence-corrected chi connectivity index (χ1v) is 13.8. The van der Waals surface area contributed by atoms with Gasteiger partial charge in [0.2, 0.25) is 11.9 Å². The van der Waals surface area contributed by atoms with Gasteiger partial charge in [0.05, 0.1) is 24.2 Å². The average Bonchev–Trinajstić information content (AvgIpc) is 3.68. The highest BCUT2D eigenvalue weighted by Crippen LogP contribution is 2.39. The number of ether oxygens (including phenoxy) is 1. The molecule has 40 heavy (non-hydrogen) atoms. The molecule has 11 heteroatoms. The quantitative estimate of drug-likeness (QED) is 0.366. The number of aromatic nitrogens is 3. The fourth-order valence-corrected chi connectivity index (χ4v) is 6.06. The fraction of sp³-hybridized carbons (Fsp3) is 0.276. The standard InChI is InChI=1S/C29H28N6O4S/c1-17(36)35-11-8-18-14-22(25(39-3)15-24(18)35)33-28-30-10-7-21(32-28)23-16-40-26(31-23)19-5-4-6-20(13-19)29(38)9-12-34(2)27(29)37/h4-7,10,13-16,38H,8-9,11-12H2,1-3H3,(H,30,32,33)/t29-/m1/s1. The molecule has 10 nitrogen and oxygen atoms in total. The van der Waals surface area contributed by atoms with Crippen LogP contribution in [-0.4, -0.2) is 64.0 Å². The van der Waals surface area contributed by atoms with Gasteiger partial charge in [-0.15, -0.1) is 11.3 Å². The molecule has 0 aliphatic carbocycles. The number of methoxy groups -OCH3 is 1. The summed E-state index contributed by atoms with van der Waals surface area (Å²) in [5, 5.41) is 17.0. The summed E-state index contributed by atoms with van der Waals surface area (Å²) >= 11 is 1.46. The third kappa shape index (κ3) is 4.46. The monoisotopic (exact) mass is 556 g/mol. The molecule has 4 heterocycles. The van der Waals surface area contributed by atoms with E-state index in [4.69, 9.17) is 9.72 Å². The minimum absolute atomic E-state index is 0.00222. The van der Waals surface area contributed by atoms with Crippen LogP contribution in [0.5, 0.6) is 5.75 Å². The molecule has 2 aromatic heterocycles. The second kappa shape index (κ2) is 10.00. The number of likely N-dealkylation sites (tertiary alicyclic amines) is 1. The fourth-order valence-electron chi connectivity index (χ4n) is 5.25. The van der Waals surface area contributed by atoms with Crippen LogP contribution in [0.3, 0.4) is 0 Å². The molecule has 0 spiro atoms. The van der Waals surface area contributed by atoms with Crippen molar-refractivity contribution >= 4 is 40.5 Å². The summed E-state index contributed by atoms with van der Waals surface area (Å²) in [5.41, 5.74) is 3.83. The lowest BCUT2D eigenvalue weighted by molar-refractivity contribution is -0.143. The lowest BCUT2D eigenvalue weighted by atomic mass is 9.91. The molecule has 2 aliphatic heterocycles.